The molecule has 1 unspecified atom stereocenters. The van der Waals surface area contributed by atoms with Gasteiger partial charge in [-0.2, -0.15) is 5.21 Å². The molecule has 2 fully saturated rings. The molecule has 4 rings (SSSR count). The van der Waals surface area contributed by atoms with E-state index in [0.29, 0.717) is 17.2 Å². The van der Waals surface area contributed by atoms with Crippen molar-refractivity contribution < 1.29 is 9.59 Å². The van der Waals surface area contributed by atoms with Crippen LogP contribution in [-0.2, 0) is 4.79 Å². The van der Waals surface area contributed by atoms with E-state index in [2.05, 4.69) is 25.9 Å². The fraction of sp³-hybridized carbons (Fsp3) is 0.500. The Balaban J connectivity index is 1.48. The molecule has 1 saturated carbocycles. The number of carbonyl (C=O) groups is 2. The average molecular weight is 332 g/mol. The zero-order valence-electron chi connectivity index (χ0n) is 12.4. The van der Waals surface area contributed by atoms with Crippen LogP contribution in [0.1, 0.15) is 47.2 Å². The third-order valence-corrected chi connectivity index (χ3v) is 5.17. The van der Waals surface area contributed by atoms with Crippen LogP contribution in [0.3, 0.4) is 0 Å². The van der Waals surface area contributed by atoms with Crippen molar-refractivity contribution in [3.63, 3.8) is 0 Å². The Morgan fingerprint density at radius 1 is 1.30 bits per heavy atom. The van der Waals surface area contributed by atoms with E-state index in [0.717, 1.165) is 30.7 Å². The molecule has 1 aliphatic heterocycles. The Morgan fingerprint density at radius 2 is 2.17 bits per heavy atom. The van der Waals surface area contributed by atoms with Crippen LogP contribution in [0, 0.1) is 5.92 Å². The minimum Gasteiger partial charge on any atom is -0.328 e. The normalized spacial score (nSPS) is 20.7. The van der Waals surface area contributed by atoms with Crippen molar-refractivity contribution >= 4 is 28.2 Å². The lowest BCUT2D eigenvalue weighted by atomic mass is 10.2. The fourth-order valence-corrected chi connectivity index (χ4v) is 3.68. The molecule has 0 bridgehead atoms. The predicted octanol–water partition coefficient (Wildman–Crippen LogP) is 1.59. The number of likely N-dealkylation sites (tertiary alicyclic amines) is 1. The van der Waals surface area contributed by atoms with Crippen molar-refractivity contribution in [1.29, 1.82) is 0 Å². The maximum Gasteiger partial charge on any atom is 0.264 e. The standard InChI is InChI=1S/C14H16N6O2S/c21-13(8-3-4-8)15-11-6-5-10(23-11)14(22)20-7-1-2-9(20)12-16-18-19-17-12/h5-6,8-9H,1-4,7H2,(H,15,21)(H,16,17,18,19). The van der Waals surface area contributed by atoms with Gasteiger partial charge in [0.1, 0.15) is 0 Å². The van der Waals surface area contributed by atoms with E-state index in [1.807, 2.05) is 0 Å². The summed E-state index contributed by atoms with van der Waals surface area (Å²) >= 11 is 1.31. The highest BCUT2D eigenvalue weighted by Gasteiger charge is 2.34. The lowest BCUT2D eigenvalue weighted by Gasteiger charge is -2.21. The van der Waals surface area contributed by atoms with Crippen molar-refractivity contribution in [2.24, 2.45) is 5.92 Å². The lowest BCUT2D eigenvalue weighted by molar-refractivity contribution is -0.117. The average Bonchev–Trinajstić information content (AvgIpc) is 2.99. The molecule has 2 aliphatic rings. The molecule has 2 N–H and O–H groups in total. The number of tetrazole rings is 1. The van der Waals surface area contributed by atoms with Gasteiger partial charge in [0.15, 0.2) is 5.82 Å². The second kappa shape index (κ2) is 5.73. The van der Waals surface area contributed by atoms with E-state index in [9.17, 15) is 9.59 Å². The first-order chi connectivity index (χ1) is 11.2. The van der Waals surface area contributed by atoms with Crippen LogP contribution in [0.2, 0.25) is 0 Å². The summed E-state index contributed by atoms with van der Waals surface area (Å²) in [4.78, 5) is 26.9. The van der Waals surface area contributed by atoms with E-state index in [1.165, 1.54) is 11.3 Å². The summed E-state index contributed by atoms with van der Waals surface area (Å²) in [5, 5.41) is 17.6. The second-order valence-corrected chi connectivity index (χ2v) is 6.94. The fourth-order valence-electron chi connectivity index (χ4n) is 2.82. The molecule has 2 aromatic heterocycles. The molecular formula is C14H16N6O2S. The zero-order valence-corrected chi connectivity index (χ0v) is 13.2. The van der Waals surface area contributed by atoms with E-state index >= 15 is 0 Å². The molecule has 120 valence electrons. The summed E-state index contributed by atoms with van der Waals surface area (Å²) in [6, 6.07) is 3.42. The third kappa shape index (κ3) is 2.83. The number of thiophene rings is 1. The van der Waals surface area contributed by atoms with Crippen LogP contribution in [0.4, 0.5) is 5.00 Å². The number of hydrogen-bond donors (Lipinski definition) is 2. The first-order valence-corrected chi connectivity index (χ1v) is 8.49. The molecule has 8 nitrogen and oxygen atoms in total. The number of nitrogens with one attached hydrogen (secondary N) is 2. The monoisotopic (exact) mass is 332 g/mol. The summed E-state index contributed by atoms with van der Waals surface area (Å²) < 4.78 is 0. The number of amides is 2. The number of H-pyrrole nitrogens is 1. The largest absolute Gasteiger partial charge is 0.328 e. The number of aromatic amines is 1. The molecule has 1 aliphatic carbocycles. The van der Waals surface area contributed by atoms with Crippen molar-refractivity contribution in [3.8, 4) is 0 Å². The minimum absolute atomic E-state index is 0.0470. The summed E-state index contributed by atoms with van der Waals surface area (Å²) in [5.41, 5.74) is 0. The van der Waals surface area contributed by atoms with Crippen molar-refractivity contribution in [2.45, 2.75) is 31.7 Å². The quantitative estimate of drug-likeness (QED) is 0.885. The zero-order chi connectivity index (χ0) is 15.8. The molecule has 23 heavy (non-hydrogen) atoms. The van der Waals surface area contributed by atoms with Crippen molar-refractivity contribution in [2.75, 3.05) is 11.9 Å². The van der Waals surface area contributed by atoms with E-state index in [-0.39, 0.29) is 23.8 Å². The van der Waals surface area contributed by atoms with Gasteiger partial charge in [0.2, 0.25) is 5.91 Å². The van der Waals surface area contributed by atoms with Crippen LogP contribution in [0.15, 0.2) is 12.1 Å². The van der Waals surface area contributed by atoms with Gasteiger partial charge in [-0.3, -0.25) is 9.59 Å². The number of anilines is 1. The van der Waals surface area contributed by atoms with Gasteiger partial charge in [0, 0.05) is 12.5 Å². The number of carbonyl (C=O) groups excluding carboxylic acids is 2. The molecular weight excluding hydrogens is 316 g/mol. The van der Waals surface area contributed by atoms with Gasteiger partial charge in [0.05, 0.1) is 15.9 Å². The van der Waals surface area contributed by atoms with Gasteiger partial charge in [-0.1, -0.05) is 5.21 Å². The summed E-state index contributed by atoms with van der Waals surface area (Å²) in [6.07, 6.45) is 3.68. The smallest absolute Gasteiger partial charge is 0.264 e. The molecule has 2 amide bonds. The van der Waals surface area contributed by atoms with Crippen LogP contribution in [0.5, 0.6) is 0 Å². The molecule has 0 spiro atoms. The Labute approximate surface area is 136 Å². The summed E-state index contributed by atoms with van der Waals surface area (Å²) in [5.74, 6) is 0.707. The predicted molar refractivity (Wildman–Crippen MR) is 82.9 cm³/mol. The molecule has 3 heterocycles. The Kier molecular flexibility index (Phi) is 3.56. The molecule has 9 heteroatoms. The van der Waals surface area contributed by atoms with Gasteiger partial charge < -0.3 is 10.2 Å². The Hall–Kier alpha value is -2.29. The lowest BCUT2D eigenvalue weighted by Crippen LogP contribution is -2.30. The molecule has 1 atom stereocenters. The number of rotatable bonds is 4. The van der Waals surface area contributed by atoms with E-state index in [1.54, 1.807) is 17.0 Å². The van der Waals surface area contributed by atoms with Gasteiger partial charge in [0.25, 0.3) is 5.91 Å². The van der Waals surface area contributed by atoms with Crippen LogP contribution in [-0.4, -0.2) is 43.9 Å². The first-order valence-electron chi connectivity index (χ1n) is 7.67. The molecule has 1 saturated heterocycles. The Bertz CT molecular complexity index is 723. The number of nitrogens with zero attached hydrogens (tertiary/aromatic N) is 4. The maximum absolute atomic E-state index is 12.7. The summed E-state index contributed by atoms with van der Waals surface area (Å²) in [7, 11) is 0. The highest BCUT2D eigenvalue weighted by Crippen LogP contribution is 2.34. The van der Waals surface area contributed by atoms with Gasteiger partial charge in [-0.05, 0) is 37.8 Å². The SMILES string of the molecule is O=C(Nc1ccc(C(=O)N2CCCC2c2nn[nH]n2)s1)C1CC1. The first kappa shape index (κ1) is 14.3. The molecule has 2 aromatic rings. The Morgan fingerprint density at radius 3 is 2.91 bits per heavy atom. The molecule has 0 radical (unpaired) electrons. The number of aromatic nitrogens is 4. The molecule has 0 aromatic carbocycles. The maximum atomic E-state index is 12.7. The van der Waals surface area contributed by atoms with Crippen molar-refractivity contribution in [1.82, 2.24) is 25.5 Å². The topological polar surface area (TPSA) is 104 Å². The van der Waals surface area contributed by atoms with Crippen LogP contribution >= 0.6 is 11.3 Å². The van der Waals surface area contributed by atoms with Gasteiger partial charge >= 0.3 is 0 Å². The minimum atomic E-state index is -0.132. The summed E-state index contributed by atoms with van der Waals surface area (Å²) in [6.45, 7) is 0.680. The van der Waals surface area contributed by atoms with E-state index < -0.39 is 0 Å². The third-order valence-electron chi connectivity index (χ3n) is 4.18. The second-order valence-electron chi connectivity index (χ2n) is 5.85. The van der Waals surface area contributed by atoms with Gasteiger partial charge in [-0.15, -0.1) is 21.5 Å². The van der Waals surface area contributed by atoms with E-state index in [4.69, 9.17) is 0 Å². The number of hydrogen-bond acceptors (Lipinski definition) is 6. The highest BCUT2D eigenvalue weighted by molar-refractivity contribution is 7.18. The highest BCUT2D eigenvalue weighted by atomic mass is 32.1. The van der Waals surface area contributed by atoms with Crippen LogP contribution in [0.25, 0.3) is 0 Å². The van der Waals surface area contributed by atoms with Crippen molar-refractivity contribution in [3.05, 3.63) is 22.8 Å². The van der Waals surface area contributed by atoms with Crippen LogP contribution < -0.4 is 5.32 Å². The van der Waals surface area contributed by atoms with Gasteiger partial charge in [-0.25, -0.2) is 0 Å².